The second-order valence-electron chi connectivity index (χ2n) is 2.90. The van der Waals surface area contributed by atoms with Gasteiger partial charge in [-0.15, -0.1) is 5.10 Å². The van der Waals surface area contributed by atoms with Crippen molar-refractivity contribution in [3.8, 4) is 5.88 Å². The van der Waals surface area contributed by atoms with Crippen LogP contribution in [0.3, 0.4) is 0 Å². The molecule has 0 aliphatic heterocycles. The topological polar surface area (TPSA) is 61.0 Å². The van der Waals surface area contributed by atoms with Gasteiger partial charge in [0, 0.05) is 12.6 Å². The van der Waals surface area contributed by atoms with Crippen molar-refractivity contribution in [3.63, 3.8) is 0 Å². The highest BCUT2D eigenvalue weighted by Crippen LogP contribution is 2.08. The van der Waals surface area contributed by atoms with Crippen molar-refractivity contribution in [1.29, 1.82) is 0 Å². The van der Waals surface area contributed by atoms with E-state index in [9.17, 15) is 0 Å². The van der Waals surface area contributed by atoms with Crippen LogP contribution in [-0.2, 0) is 6.54 Å². The Morgan fingerprint density at radius 3 is 2.69 bits per heavy atom. The summed E-state index contributed by atoms with van der Waals surface area (Å²) in [4.78, 5) is 0. The normalized spacial score (nSPS) is 12.5. The van der Waals surface area contributed by atoms with Crippen LogP contribution in [0.5, 0.6) is 5.88 Å². The van der Waals surface area contributed by atoms with E-state index < -0.39 is 0 Å². The fourth-order valence-corrected chi connectivity index (χ4v) is 0.809. The van der Waals surface area contributed by atoms with Crippen molar-refractivity contribution in [3.05, 3.63) is 17.8 Å². The molecule has 1 aromatic heterocycles. The Balaban J connectivity index is 2.58. The number of hydrogen-bond acceptors (Lipinski definition) is 4. The van der Waals surface area contributed by atoms with Gasteiger partial charge in [0.05, 0.1) is 11.8 Å². The Labute approximate surface area is 78.1 Å². The fraction of sp³-hybridized carbons (Fsp3) is 0.556. The van der Waals surface area contributed by atoms with E-state index in [-0.39, 0.29) is 6.10 Å². The molecular formula is C9H15N3O. The van der Waals surface area contributed by atoms with Crippen molar-refractivity contribution in [2.45, 2.75) is 32.9 Å². The van der Waals surface area contributed by atoms with E-state index in [2.05, 4.69) is 17.1 Å². The zero-order valence-electron chi connectivity index (χ0n) is 8.03. The zero-order chi connectivity index (χ0) is 9.68. The minimum absolute atomic E-state index is 0.179. The van der Waals surface area contributed by atoms with Gasteiger partial charge >= 0.3 is 0 Å². The van der Waals surface area contributed by atoms with Gasteiger partial charge < -0.3 is 10.5 Å². The van der Waals surface area contributed by atoms with Crippen LogP contribution in [-0.4, -0.2) is 16.3 Å². The van der Waals surface area contributed by atoms with Gasteiger partial charge in [-0.05, 0) is 19.4 Å². The summed E-state index contributed by atoms with van der Waals surface area (Å²) in [5.41, 5.74) is 6.16. The molecule has 0 amide bonds. The number of aromatic nitrogens is 2. The van der Waals surface area contributed by atoms with Crippen LogP contribution in [0.1, 0.15) is 26.0 Å². The number of hydrogen-bond donors (Lipinski definition) is 1. The van der Waals surface area contributed by atoms with E-state index in [1.807, 2.05) is 13.0 Å². The molecule has 1 atom stereocenters. The van der Waals surface area contributed by atoms with Crippen LogP contribution in [0.15, 0.2) is 12.1 Å². The maximum atomic E-state index is 5.45. The first-order chi connectivity index (χ1) is 6.26. The summed E-state index contributed by atoms with van der Waals surface area (Å²) in [6.07, 6.45) is 1.14. The highest BCUT2D eigenvalue weighted by atomic mass is 16.5. The summed E-state index contributed by atoms with van der Waals surface area (Å²) in [5.74, 6) is 0.562. The van der Waals surface area contributed by atoms with Gasteiger partial charge in [0.2, 0.25) is 5.88 Å². The lowest BCUT2D eigenvalue weighted by Crippen LogP contribution is -2.11. The molecule has 72 valence electrons. The monoisotopic (exact) mass is 181 g/mol. The van der Waals surface area contributed by atoms with Crippen LogP contribution >= 0.6 is 0 Å². The second kappa shape index (κ2) is 4.77. The van der Waals surface area contributed by atoms with Crippen LogP contribution in [0.2, 0.25) is 0 Å². The highest BCUT2D eigenvalue weighted by molar-refractivity contribution is 5.11. The number of nitrogens with zero attached hydrogens (tertiary/aromatic N) is 2. The van der Waals surface area contributed by atoms with Gasteiger partial charge in [-0.25, -0.2) is 0 Å². The highest BCUT2D eigenvalue weighted by Gasteiger charge is 2.02. The number of nitrogens with two attached hydrogens (primary N) is 1. The van der Waals surface area contributed by atoms with E-state index in [0.717, 1.165) is 12.1 Å². The summed E-state index contributed by atoms with van der Waals surface area (Å²) < 4.78 is 5.45. The average Bonchev–Trinajstić information content (AvgIpc) is 2.19. The van der Waals surface area contributed by atoms with Crippen LogP contribution in [0, 0.1) is 0 Å². The summed E-state index contributed by atoms with van der Waals surface area (Å²) in [7, 11) is 0. The zero-order valence-corrected chi connectivity index (χ0v) is 8.03. The molecule has 0 aliphatic carbocycles. The SMILES string of the molecule is CCC(C)Oc1ccc(CN)nn1. The Morgan fingerprint density at radius 2 is 2.23 bits per heavy atom. The predicted molar refractivity (Wildman–Crippen MR) is 50.3 cm³/mol. The molecule has 0 saturated heterocycles. The molecule has 4 heteroatoms. The standard InChI is InChI=1S/C9H15N3O/c1-3-7(2)13-9-5-4-8(6-10)11-12-9/h4-5,7H,3,6,10H2,1-2H3. The summed E-state index contributed by atoms with van der Waals surface area (Å²) in [6.45, 7) is 4.47. The maximum absolute atomic E-state index is 5.45. The van der Waals surface area contributed by atoms with E-state index >= 15 is 0 Å². The molecule has 1 rings (SSSR count). The van der Waals surface area contributed by atoms with Gasteiger partial charge in [-0.1, -0.05) is 6.92 Å². The lowest BCUT2D eigenvalue weighted by Gasteiger charge is -2.10. The van der Waals surface area contributed by atoms with E-state index in [0.29, 0.717) is 12.4 Å². The molecule has 0 aromatic carbocycles. The van der Waals surface area contributed by atoms with Gasteiger partial charge in [0.15, 0.2) is 0 Å². The molecule has 0 aliphatic rings. The number of ether oxygens (including phenoxy) is 1. The average molecular weight is 181 g/mol. The minimum atomic E-state index is 0.179. The Morgan fingerprint density at radius 1 is 1.46 bits per heavy atom. The first-order valence-electron chi connectivity index (χ1n) is 4.45. The van der Waals surface area contributed by atoms with E-state index in [1.54, 1.807) is 6.07 Å². The molecule has 0 spiro atoms. The summed E-state index contributed by atoms with van der Waals surface area (Å²) >= 11 is 0. The van der Waals surface area contributed by atoms with Crippen molar-refractivity contribution < 1.29 is 4.74 Å². The largest absolute Gasteiger partial charge is 0.474 e. The van der Waals surface area contributed by atoms with Crippen LogP contribution in [0.25, 0.3) is 0 Å². The third-order valence-electron chi connectivity index (χ3n) is 1.80. The lowest BCUT2D eigenvalue weighted by atomic mass is 10.3. The van der Waals surface area contributed by atoms with E-state index in [4.69, 9.17) is 10.5 Å². The summed E-state index contributed by atoms with van der Waals surface area (Å²) in [5, 5.41) is 7.77. The maximum Gasteiger partial charge on any atom is 0.233 e. The third-order valence-corrected chi connectivity index (χ3v) is 1.80. The van der Waals surface area contributed by atoms with Crippen molar-refractivity contribution >= 4 is 0 Å². The molecule has 1 heterocycles. The lowest BCUT2D eigenvalue weighted by molar-refractivity contribution is 0.206. The predicted octanol–water partition coefficient (Wildman–Crippen LogP) is 1.11. The third kappa shape index (κ3) is 2.99. The van der Waals surface area contributed by atoms with Crippen LogP contribution in [0.4, 0.5) is 0 Å². The molecule has 0 saturated carbocycles. The minimum Gasteiger partial charge on any atom is -0.474 e. The second-order valence-corrected chi connectivity index (χ2v) is 2.90. The molecule has 0 radical (unpaired) electrons. The Hall–Kier alpha value is -1.16. The van der Waals surface area contributed by atoms with Gasteiger partial charge in [-0.3, -0.25) is 0 Å². The Bertz CT molecular complexity index is 248. The first kappa shape index (κ1) is 9.92. The molecule has 0 fully saturated rings. The van der Waals surface area contributed by atoms with Gasteiger partial charge in [0.25, 0.3) is 0 Å². The van der Waals surface area contributed by atoms with E-state index in [1.165, 1.54) is 0 Å². The fourth-order valence-electron chi connectivity index (χ4n) is 0.809. The Kier molecular flexibility index (Phi) is 3.64. The molecule has 0 bridgehead atoms. The molecule has 4 nitrogen and oxygen atoms in total. The molecule has 1 unspecified atom stereocenters. The molecular weight excluding hydrogens is 166 g/mol. The van der Waals surface area contributed by atoms with Crippen LogP contribution < -0.4 is 10.5 Å². The molecule has 2 N–H and O–H groups in total. The quantitative estimate of drug-likeness (QED) is 0.756. The van der Waals surface area contributed by atoms with Gasteiger partial charge in [0.1, 0.15) is 0 Å². The van der Waals surface area contributed by atoms with Crippen molar-refractivity contribution in [2.75, 3.05) is 0 Å². The molecule has 13 heavy (non-hydrogen) atoms. The number of rotatable bonds is 4. The van der Waals surface area contributed by atoms with Gasteiger partial charge in [-0.2, -0.15) is 5.10 Å². The molecule has 1 aromatic rings. The summed E-state index contributed by atoms with van der Waals surface area (Å²) in [6, 6.07) is 3.62. The van der Waals surface area contributed by atoms with Crippen molar-refractivity contribution in [1.82, 2.24) is 10.2 Å². The first-order valence-corrected chi connectivity index (χ1v) is 4.45. The van der Waals surface area contributed by atoms with Crippen molar-refractivity contribution in [2.24, 2.45) is 5.73 Å². The smallest absolute Gasteiger partial charge is 0.233 e.